The van der Waals surface area contributed by atoms with E-state index in [1.807, 2.05) is 0 Å². The van der Waals surface area contributed by atoms with Crippen LogP contribution in [0.3, 0.4) is 0 Å². The SMILES string of the molecule is CO/N=C(\c1ccc(NC(=O)c2c(F)cccc2F)nc1)c1ccc(OC)nc1. The maximum absolute atomic E-state index is 13.7. The second-order valence-corrected chi connectivity index (χ2v) is 5.69. The lowest BCUT2D eigenvalue weighted by molar-refractivity contribution is 0.101. The summed E-state index contributed by atoms with van der Waals surface area (Å²) in [6.07, 6.45) is 3.00. The molecule has 148 valence electrons. The Balaban J connectivity index is 1.82. The number of pyridine rings is 2. The maximum Gasteiger partial charge on any atom is 0.262 e. The Morgan fingerprint density at radius 1 is 0.966 bits per heavy atom. The van der Waals surface area contributed by atoms with Crippen molar-refractivity contribution in [3.8, 4) is 5.88 Å². The molecule has 0 bridgehead atoms. The number of amides is 1. The standard InChI is InChI=1S/C20H16F2N4O3/c1-28-17-9-7-13(11-24-17)19(26-29-2)12-6-8-16(23-10-12)25-20(27)18-14(21)4-3-5-15(18)22/h3-11H,1-2H3,(H,23,25,27)/b26-19+. The number of nitrogens with one attached hydrogen (secondary N) is 1. The number of hydrogen-bond acceptors (Lipinski definition) is 6. The molecule has 0 saturated heterocycles. The first-order valence-electron chi connectivity index (χ1n) is 8.37. The van der Waals surface area contributed by atoms with E-state index < -0.39 is 23.1 Å². The van der Waals surface area contributed by atoms with Crippen LogP contribution in [0, 0.1) is 11.6 Å². The van der Waals surface area contributed by atoms with E-state index in [1.54, 1.807) is 24.4 Å². The van der Waals surface area contributed by atoms with Crippen LogP contribution >= 0.6 is 0 Å². The van der Waals surface area contributed by atoms with Gasteiger partial charge >= 0.3 is 0 Å². The molecule has 0 fully saturated rings. The van der Waals surface area contributed by atoms with Crippen LogP contribution in [0.2, 0.25) is 0 Å². The van der Waals surface area contributed by atoms with Gasteiger partial charge in [0.1, 0.15) is 35.8 Å². The van der Waals surface area contributed by atoms with Crippen LogP contribution in [0.25, 0.3) is 0 Å². The first-order chi connectivity index (χ1) is 14.0. The first kappa shape index (κ1) is 19.9. The van der Waals surface area contributed by atoms with Gasteiger partial charge in [0.15, 0.2) is 0 Å². The zero-order valence-electron chi connectivity index (χ0n) is 15.5. The van der Waals surface area contributed by atoms with E-state index in [-0.39, 0.29) is 5.82 Å². The minimum absolute atomic E-state index is 0.117. The molecule has 0 saturated carbocycles. The van der Waals surface area contributed by atoms with Crippen molar-refractivity contribution in [2.45, 2.75) is 0 Å². The van der Waals surface area contributed by atoms with Crippen molar-refractivity contribution >= 4 is 17.4 Å². The Labute approximate surface area is 165 Å². The van der Waals surface area contributed by atoms with Crippen LogP contribution in [-0.2, 0) is 4.84 Å². The van der Waals surface area contributed by atoms with Crippen LogP contribution in [0.4, 0.5) is 14.6 Å². The number of anilines is 1. The average molecular weight is 398 g/mol. The van der Waals surface area contributed by atoms with Crippen LogP contribution in [0.1, 0.15) is 21.5 Å². The van der Waals surface area contributed by atoms with E-state index in [2.05, 4.69) is 20.4 Å². The third-order valence-corrected chi connectivity index (χ3v) is 3.87. The first-order valence-corrected chi connectivity index (χ1v) is 8.37. The number of ether oxygens (including phenoxy) is 1. The minimum Gasteiger partial charge on any atom is -0.481 e. The molecule has 29 heavy (non-hydrogen) atoms. The molecule has 3 aromatic rings. The van der Waals surface area contributed by atoms with E-state index in [1.165, 1.54) is 32.5 Å². The van der Waals surface area contributed by atoms with Crippen molar-refractivity contribution < 1.29 is 23.1 Å². The van der Waals surface area contributed by atoms with Gasteiger partial charge in [0.25, 0.3) is 5.91 Å². The molecule has 2 aromatic heterocycles. The summed E-state index contributed by atoms with van der Waals surface area (Å²) in [4.78, 5) is 25.3. The third-order valence-electron chi connectivity index (χ3n) is 3.87. The summed E-state index contributed by atoms with van der Waals surface area (Å²) in [5.74, 6) is -2.29. The van der Waals surface area contributed by atoms with E-state index in [4.69, 9.17) is 9.57 Å². The largest absolute Gasteiger partial charge is 0.481 e. The van der Waals surface area contributed by atoms with Crippen LogP contribution in [0.5, 0.6) is 5.88 Å². The summed E-state index contributed by atoms with van der Waals surface area (Å²) >= 11 is 0. The quantitative estimate of drug-likeness (QED) is 0.508. The second kappa shape index (κ2) is 8.87. The smallest absolute Gasteiger partial charge is 0.262 e. The number of hydrogen-bond donors (Lipinski definition) is 1. The molecule has 0 radical (unpaired) electrons. The van der Waals surface area contributed by atoms with E-state index in [0.29, 0.717) is 22.7 Å². The topological polar surface area (TPSA) is 85.7 Å². The van der Waals surface area contributed by atoms with E-state index in [0.717, 1.165) is 12.1 Å². The lowest BCUT2D eigenvalue weighted by Crippen LogP contribution is -2.17. The Hall–Kier alpha value is -3.88. The number of nitrogens with zero attached hydrogens (tertiary/aromatic N) is 3. The molecule has 1 N–H and O–H groups in total. The fourth-order valence-corrected chi connectivity index (χ4v) is 2.51. The number of carbonyl (C=O) groups is 1. The molecular formula is C20H16F2N4O3. The van der Waals surface area contributed by atoms with Crippen LogP contribution in [-0.4, -0.2) is 35.8 Å². The summed E-state index contributed by atoms with van der Waals surface area (Å²) in [5, 5.41) is 6.35. The molecule has 9 heteroatoms. The molecule has 0 aliphatic heterocycles. The van der Waals surface area contributed by atoms with Gasteiger partial charge in [0.05, 0.1) is 7.11 Å². The molecule has 7 nitrogen and oxygen atoms in total. The highest BCUT2D eigenvalue weighted by Gasteiger charge is 2.18. The van der Waals surface area contributed by atoms with Crippen molar-refractivity contribution in [3.63, 3.8) is 0 Å². The normalized spacial score (nSPS) is 11.1. The van der Waals surface area contributed by atoms with Crippen LogP contribution < -0.4 is 10.1 Å². The Kier molecular flexibility index (Phi) is 6.08. The summed E-state index contributed by atoms with van der Waals surface area (Å²) in [5.41, 5.74) is 1.01. The zero-order chi connectivity index (χ0) is 20.8. The lowest BCUT2D eigenvalue weighted by atomic mass is 10.1. The van der Waals surface area contributed by atoms with Crippen molar-refractivity contribution in [1.82, 2.24) is 9.97 Å². The van der Waals surface area contributed by atoms with Crippen molar-refractivity contribution in [1.29, 1.82) is 0 Å². The van der Waals surface area contributed by atoms with Gasteiger partial charge in [0.2, 0.25) is 5.88 Å². The molecule has 0 aliphatic carbocycles. The number of oxime groups is 1. The molecule has 3 rings (SSSR count). The highest BCUT2D eigenvalue weighted by molar-refractivity contribution is 6.12. The van der Waals surface area contributed by atoms with Gasteiger partial charge < -0.3 is 14.9 Å². The van der Waals surface area contributed by atoms with Gasteiger partial charge in [-0.1, -0.05) is 11.2 Å². The van der Waals surface area contributed by atoms with Gasteiger partial charge in [-0.3, -0.25) is 4.79 Å². The van der Waals surface area contributed by atoms with Crippen LogP contribution in [0.15, 0.2) is 60.0 Å². The van der Waals surface area contributed by atoms with Crippen molar-refractivity contribution in [3.05, 3.63) is 83.2 Å². The Bertz CT molecular complexity index is 1020. The number of halogens is 2. The average Bonchev–Trinajstić information content (AvgIpc) is 2.73. The minimum atomic E-state index is -0.958. The monoisotopic (exact) mass is 398 g/mol. The van der Waals surface area contributed by atoms with E-state index >= 15 is 0 Å². The maximum atomic E-state index is 13.7. The molecule has 0 unspecified atom stereocenters. The fraction of sp³-hybridized carbons (Fsp3) is 0.100. The summed E-state index contributed by atoms with van der Waals surface area (Å²) in [7, 11) is 2.91. The summed E-state index contributed by atoms with van der Waals surface area (Å²) in [6, 6.07) is 9.72. The number of aromatic nitrogens is 2. The Morgan fingerprint density at radius 3 is 2.14 bits per heavy atom. The highest BCUT2D eigenvalue weighted by Crippen LogP contribution is 2.17. The molecular weight excluding hydrogens is 382 g/mol. The highest BCUT2D eigenvalue weighted by atomic mass is 19.1. The molecule has 1 aromatic carbocycles. The van der Waals surface area contributed by atoms with Gasteiger partial charge in [-0.2, -0.15) is 0 Å². The van der Waals surface area contributed by atoms with Gasteiger partial charge in [-0.25, -0.2) is 18.7 Å². The number of benzene rings is 1. The Morgan fingerprint density at radius 2 is 1.62 bits per heavy atom. The number of carbonyl (C=O) groups excluding carboxylic acids is 1. The summed E-state index contributed by atoms with van der Waals surface area (Å²) in [6.45, 7) is 0. The molecule has 0 spiro atoms. The predicted molar refractivity (Wildman–Crippen MR) is 102 cm³/mol. The van der Waals surface area contributed by atoms with Gasteiger partial charge in [0, 0.05) is 29.6 Å². The molecule has 1 amide bonds. The number of rotatable bonds is 6. The second-order valence-electron chi connectivity index (χ2n) is 5.69. The van der Waals surface area contributed by atoms with Crippen molar-refractivity contribution in [2.75, 3.05) is 19.5 Å². The fourth-order valence-electron chi connectivity index (χ4n) is 2.51. The zero-order valence-corrected chi connectivity index (χ0v) is 15.5. The van der Waals surface area contributed by atoms with E-state index in [9.17, 15) is 13.6 Å². The molecule has 0 atom stereocenters. The number of methoxy groups -OCH3 is 1. The molecule has 0 aliphatic rings. The lowest BCUT2D eigenvalue weighted by Gasteiger charge is -2.09. The van der Waals surface area contributed by atoms with Crippen molar-refractivity contribution in [2.24, 2.45) is 5.16 Å². The predicted octanol–water partition coefficient (Wildman–Crippen LogP) is 3.41. The van der Waals surface area contributed by atoms with Gasteiger partial charge in [-0.15, -0.1) is 0 Å². The molecule has 2 heterocycles. The third kappa shape index (κ3) is 4.52. The van der Waals surface area contributed by atoms with Gasteiger partial charge in [-0.05, 0) is 30.3 Å². The summed E-state index contributed by atoms with van der Waals surface area (Å²) < 4.78 is 32.5.